The highest BCUT2D eigenvalue weighted by molar-refractivity contribution is 6.84. The van der Waals surface area contributed by atoms with Crippen LogP contribution in [0.5, 0.6) is 0 Å². The van der Waals surface area contributed by atoms with Gasteiger partial charge in [-0.05, 0) is 12.1 Å². The van der Waals surface area contributed by atoms with Gasteiger partial charge in [0, 0.05) is 25.4 Å². The first-order valence-corrected chi connectivity index (χ1v) is 19.6. The number of benzene rings is 1. The molecule has 1 saturated carbocycles. The Morgan fingerprint density at radius 3 is 1.50 bits per heavy atom. The van der Waals surface area contributed by atoms with Gasteiger partial charge in [0.15, 0.2) is 0 Å². The van der Waals surface area contributed by atoms with Crippen molar-refractivity contribution in [2.24, 2.45) is 11.8 Å². The molecule has 0 unspecified atom stereocenters. The maximum atomic E-state index is 14.0. The minimum atomic E-state index is -1.88. The number of para-hydroxylation sites is 1. The lowest BCUT2D eigenvalue weighted by Crippen LogP contribution is -2.60. The zero-order valence-electron chi connectivity index (χ0n) is 21.9. The van der Waals surface area contributed by atoms with Crippen molar-refractivity contribution in [1.29, 1.82) is 0 Å². The van der Waals surface area contributed by atoms with Crippen LogP contribution in [0.4, 0.5) is 5.69 Å². The number of carbonyl (C=O) groups is 2. The summed E-state index contributed by atoms with van der Waals surface area (Å²) in [5.41, 5.74) is 8.04. The molecule has 2 bridgehead atoms. The van der Waals surface area contributed by atoms with Gasteiger partial charge in [-0.3, -0.25) is 9.59 Å². The van der Waals surface area contributed by atoms with Crippen molar-refractivity contribution in [3.05, 3.63) is 41.5 Å². The summed E-state index contributed by atoms with van der Waals surface area (Å²) in [5.74, 6) is 1.87. The van der Waals surface area contributed by atoms with Crippen LogP contribution >= 0.6 is 23.2 Å². The number of imide groups is 1. The molecule has 1 aliphatic heterocycles. The quantitative estimate of drug-likeness (QED) is 0.175. The summed E-state index contributed by atoms with van der Waals surface area (Å²) < 4.78 is 12.0. The maximum absolute atomic E-state index is 14.0. The second kappa shape index (κ2) is 8.59. The van der Waals surface area contributed by atoms with Crippen LogP contribution < -0.4 is 4.90 Å². The van der Waals surface area contributed by atoms with Gasteiger partial charge in [0.2, 0.25) is 17.6 Å². The number of anilines is 1. The predicted octanol–water partition coefficient (Wildman–Crippen LogP) is 4.82. The van der Waals surface area contributed by atoms with Gasteiger partial charge in [0.1, 0.15) is 25.9 Å². The van der Waals surface area contributed by atoms with Gasteiger partial charge in [0.25, 0.3) is 0 Å². The molecule has 36 heavy (non-hydrogen) atoms. The van der Waals surface area contributed by atoms with Crippen molar-refractivity contribution >= 4 is 56.9 Å². The summed E-state index contributed by atoms with van der Waals surface area (Å²) in [5, 5.41) is 0. The number of rotatable bonds is 3. The van der Waals surface area contributed by atoms with Crippen LogP contribution in [-0.2, 0) is 19.1 Å². The Kier molecular flexibility index (Phi) is 6.49. The molecule has 1 aromatic rings. The Labute approximate surface area is 225 Å². The van der Waals surface area contributed by atoms with Crippen molar-refractivity contribution in [2.75, 3.05) is 19.1 Å². The fourth-order valence-electron chi connectivity index (χ4n) is 5.47. The maximum Gasteiger partial charge on any atom is 0.240 e. The molecule has 0 N–H and O–H groups in total. The van der Waals surface area contributed by atoms with E-state index in [9.17, 15) is 9.59 Å². The first kappa shape index (κ1) is 27.2. The fourth-order valence-corrected chi connectivity index (χ4v) is 7.84. The van der Waals surface area contributed by atoms with Crippen molar-refractivity contribution < 1.29 is 19.1 Å². The SMILES string of the molecule is COC1(OC)[C@@]2(Cl)C(C#C[Si](C)(C)C)=C(C#C[Si](C)(C)C)[C@]1(Cl)[C@@H]1C(=O)N(c3ccccc3)C(=O)[C@@H]12. The summed E-state index contributed by atoms with van der Waals surface area (Å²) in [7, 11) is -0.889. The molecule has 0 spiro atoms. The predicted molar refractivity (Wildman–Crippen MR) is 149 cm³/mol. The molecule has 0 aromatic heterocycles. The molecule has 1 aromatic carbocycles. The average molecular weight is 561 g/mol. The molecule has 1 saturated heterocycles. The third-order valence-electron chi connectivity index (χ3n) is 6.81. The summed E-state index contributed by atoms with van der Waals surface area (Å²) in [6, 6.07) is 8.79. The normalized spacial score (nSPS) is 30.7. The van der Waals surface area contributed by atoms with Crippen LogP contribution in [0.1, 0.15) is 0 Å². The highest BCUT2D eigenvalue weighted by Gasteiger charge is 2.89. The van der Waals surface area contributed by atoms with E-state index in [1.165, 1.54) is 19.1 Å². The Hall–Kier alpha value is -1.85. The van der Waals surface area contributed by atoms with E-state index in [1.54, 1.807) is 24.3 Å². The molecule has 2 aliphatic carbocycles. The molecule has 3 aliphatic rings. The van der Waals surface area contributed by atoms with E-state index in [0.29, 0.717) is 16.8 Å². The van der Waals surface area contributed by atoms with Crippen LogP contribution in [-0.4, -0.2) is 57.7 Å². The van der Waals surface area contributed by atoms with Crippen LogP contribution in [0.2, 0.25) is 39.3 Å². The monoisotopic (exact) mass is 559 g/mol. The number of amides is 2. The minimum absolute atomic E-state index is 0.424. The highest BCUT2D eigenvalue weighted by Crippen LogP contribution is 2.74. The number of fused-ring (bicyclic) bond motifs is 5. The molecular weight excluding hydrogens is 529 g/mol. The largest absolute Gasteiger partial charge is 0.350 e. The first-order chi connectivity index (χ1) is 16.6. The van der Waals surface area contributed by atoms with Crippen molar-refractivity contribution in [3.63, 3.8) is 0 Å². The molecule has 0 radical (unpaired) electrons. The third kappa shape index (κ3) is 3.52. The molecule has 4 atom stereocenters. The van der Waals surface area contributed by atoms with E-state index in [4.69, 9.17) is 32.7 Å². The van der Waals surface area contributed by atoms with Crippen LogP contribution in [0, 0.1) is 34.8 Å². The van der Waals surface area contributed by atoms with Gasteiger partial charge >= 0.3 is 0 Å². The van der Waals surface area contributed by atoms with Crippen molar-refractivity contribution in [2.45, 2.75) is 54.8 Å². The Bertz CT molecular complexity index is 1210. The van der Waals surface area contributed by atoms with E-state index >= 15 is 0 Å². The standard InChI is InChI=1S/C27H31Cl2NO4Si2/c1-33-27(34-2)25(28)19(14-16-35(3,4)5)20(15-17-36(6,7)8)26(27,29)22-21(25)23(31)30(24(22)32)18-12-10-9-11-13-18/h9-13,21-22H,1-8H3/t21-,22+,25-,26+. The lowest BCUT2D eigenvalue weighted by atomic mass is 9.76. The van der Waals surface area contributed by atoms with Crippen molar-refractivity contribution in [1.82, 2.24) is 0 Å². The van der Waals surface area contributed by atoms with Crippen LogP contribution in [0.25, 0.3) is 0 Å². The van der Waals surface area contributed by atoms with Crippen LogP contribution in [0.3, 0.4) is 0 Å². The van der Waals surface area contributed by atoms with Gasteiger partial charge in [-0.15, -0.1) is 34.3 Å². The van der Waals surface area contributed by atoms with E-state index < -0.39 is 55.3 Å². The lowest BCUT2D eigenvalue weighted by molar-refractivity contribution is -0.221. The first-order valence-electron chi connectivity index (χ1n) is 11.8. The zero-order chi connectivity index (χ0) is 26.9. The topological polar surface area (TPSA) is 55.8 Å². The average Bonchev–Trinajstić information content (AvgIpc) is 3.22. The summed E-state index contributed by atoms with van der Waals surface area (Å²) >= 11 is 15.1. The van der Waals surface area contributed by atoms with E-state index in [1.807, 2.05) is 6.07 Å². The van der Waals surface area contributed by atoms with Gasteiger partial charge in [-0.1, -0.05) is 69.3 Å². The van der Waals surface area contributed by atoms with E-state index in [0.717, 1.165) is 0 Å². The zero-order valence-corrected chi connectivity index (χ0v) is 25.4. The lowest BCUT2D eigenvalue weighted by Gasteiger charge is -2.42. The second-order valence-electron chi connectivity index (χ2n) is 11.5. The number of alkyl halides is 2. The minimum Gasteiger partial charge on any atom is -0.350 e. The molecule has 2 fully saturated rings. The molecular formula is C27H31Cl2NO4Si2. The van der Waals surface area contributed by atoms with E-state index in [-0.39, 0.29) is 0 Å². The van der Waals surface area contributed by atoms with E-state index in [2.05, 4.69) is 62.2 Å². The van der Waals surface area contributed by atoms with Gasteiger partial charge < -0.3 is 9.47 Å². The molecule has 9 heteroatoms. The summed E-state index contributed by atoms with van der Waals surface area (Å²) in [6.07, 6.45) is 0. The van der Waals surface area contributed by atoms with Crippen molar-refractivity contribution in [3.8, 4) is 22.9 Å². The molecule has 4 rings (SSSR count). The van der Waals surface area contributed by atoms with Crippen LogP contribution in [0.15, 0.2) is 41.5 Å². The number of methoxy groups -OCH3 is 2. The fraction of sp³-hybridized carbons (Fsp3) is 0.481. The number of carbonyl (C=O) groups excluding carboxylic acids is 2. The number of nitrogens with zero attached hydrogens (tertiary/aromatic N) is 1. The Morgan fingerprint density at radius 1 is 0.778 bits per heavy atom. The van der Waals surface area contributed by atoms with Gasteiger partial charge in [-0.25, -0.2) is 4.90 Å². The molecule has 5 nitrogen and oxygen atoms in total. The molecule has 1 heterocycles. The van der Waals surface area contributed by atoms with Gasteiger partial charge in [-0.2, -0.15) is 0 Å². The highest BCUT2D eigenvalue weighted by atomic mass is 35.5. The molecule has 2 amide bonds. The third-order valence-corrected chi connectivity index (χ3v) is 9.91. The summed E-state index contributed by atoms with van der Waals surface area (Å²) in [4.78, 5) is 25.9. The molecule has 190 valence electrons. The Balaban J connectivity index is 2.07. The number of hydrogen-bond donors (Lipinski definition) is 0. The van der Waals surface area contributed by atoms with Gasteiger partial charge in [0.05, 0.1) is 17.5 Å². The number of ether oxygens (including phenoxy) is 2. The Morgan fingerprint density at radius 2 is 1.17 bits per heavy atom. The number of hydrogen-bond acceptors (Lipinski definition) is 4. The number of halogens is 2. The summed E-state index contributed by atoms with van der Waals surface area (Å²) in [6.45, 7) is 12.7. The smallest absolute Gasteiger partial charge is 0.240 e. The second-order valence-corrected chi connectivity index (χ2v) is 22.2.